The number of Topliss-reactive ketones (excluding diaryl/α,β-unsaturated/α-hetero) is 1. The van der Waals surface area contributed by atoms with Gasteiger partial charge in [0, 0.05) is 12.3 Å². The molecule has 0 radical (unpaired) electrons. The van der Waals surface area contributed by atoms with Crippen molar-refractivity contribution in [1.29, 1.82) is 0 Å². The zero-order valence-corrected chi connectivity index (χ0v) is 16.1. The second-order valence-electron chi connectivity index (χ2n) is 9.01. The highest BCUT2D eigenvalue weighted by Crippen LogP contribution is 2.55. The fraction of sp³-hybridized carbons (Fsp3) is 0.800. The first kappa shape index (κ1) is 18.6. The van der Waals surface area contributed by atoms with Gasteiger partial charge in [0.25, 0.3) is 0 Å². The Hall–Kier alpha value is -1.20. The quantitative estimate of drug-likeness (QED) is 0.471. The third kappa shape index (κ3) is 2.85. The molecule has 140 valence electrons. The number of aliphatic hydroxyl groups is 1. The fourth-order valence-corrected chi connectivity index (χ4v) is 4.77. The molecule has 0 aromatic carbocycles. The van der Waals surface area contributed by atoms with E-state index >= 15 is 0 Å². The van der Waals surface area contributed by atoms with E-state index in [9.17, 15) is 14.7 Å². The molecule has 1 saturated heterocycles. The zero-order valence-electron chi connectivity index (χ0n) is 16.1. The van der Waals surface area contributed by atoms with E-state index in [-0.39, 0.29) is 23.2 Å². The Morgan fingerprint density at radius 3 is 2.40 bits per heavy atom. The van der Waals surface area contributed by atoms with Crippen LogP contribution in [0.5, 0.6) is 0 Å². The highest BCUT2D eigenvalue weighted by Gasteiger charge is 2.61. The Morgan fingerprint density at radius 2 is 1.88 bits per heavy atom. The Balaban J connectivity index is 1.84. The maximum Gasteiger partial charge on any atom is 0.341 e. The predicted molar refractivity (Wildman–Crippen MR) is 92.9 cm³/mol. The molecule has 0 aromatic heterocycles. The maximum atomic E-state index is 12.5. The Morgan fingerprint density at radius 1 is 1.28 bits per heavy atom. The van der Waals surface area contributed by atoms with Gasteiger partial charge in [0.15, 0.2) is 11.4 Å². The van der Waals surface area contributed by atoms with Gasteiger partial charge in [-0.15, -0.1) is 0 Å². The van der Waals surface area contributed by atoms with Crippen molar-refractivity contribution in [3.8, 4) is 0 Å². The van der Waals surface area contributed by atoms with E-state index in [0.29, 0.717) is 19.3 Å². The SMILES string of the molecule is CC(C)=C1CC2[C@](C)(CC[C@@H](OC(=O)C3(C)OC3C)[C@@]2(C)O)CC1=O. The molecule has 6 atom stereocenters. The average molecular weight is 350 g/mol. The minimum absolute atomic E-state index is 0.112. The van der Waals surface area contributed by atoms with Crippen molar-refractivity contribution >= 4 is 11.8 Å². The second kappa shape index (κ2) is 5.65. The molecule has 1 heterocycles. The molecule has 3 fully saturated rings. The highest BCUT2D eigenvalue weighted by molar-refractivity contribution is 5.97. The molecule has 0 spiro atoms. The maximum absolute atomic E-state index is 12.5. The van der Waals surface area contributed by atoms with Crippen LogP contribution in [0.1, 0.15) is 67.2 Å². The predicted octanol–water partition coefficient (Wildman–Crippen LogP) is 2.94. The number of carbonyl (C=O) groups excluding carboxylic acids is 2. The van der Waals surface area contributed by atoms with Gasteiger partial charge in [0.05, 0.1) is 6.10 Å². The number of rotatable bonds is 2. The Kier molecular flexibility index (Phi) is 4.20. The van der Waals surface area contributed by atoms with E-state index in [1.54, 1.807) is 13.8 Å². The van der Waals surface area contributed by atoms with Crippen molar-refractivity contribution in [2.24, 2.45) is 11.3 Å². The molecule has 3 unspecified atom stereocenters. The van der Waals surface area contributed by atoms with E-state index in [4.69, 9.17) is 9.47 Å². The molecule has 2 saturated carbocycles. The molecule has 0 bridgehead atoms. The number of epoxide rings is 1. The first-order valence-electron chi connectivity index (χ1n) is 9.22. The lowest BCUT2D eigenvalue weighted by Gasteiger charge is -2.55. The number of ether oxygens (including phenoxy) is 2. The molecule has 0 amide bonds. The van der Waals surface area contributed by atoms with Crippen LogP contribution in [0.2, 0.25) is 0 Å². The summed E-state index contributed by atoms with van der Waals surface area (Å²) in [5.74, 6) is -0.319. The summed E-state index contributed by atoms with van der Waals surface area (Å²) in [6.45, 7) is 11.3. The summed E-state index contributed by atoms with van der Waals surface area (Å²) in [5.41, 5.74) is -0.478. The summed E-state index contributed by atoms with van der Waals surface area (Å²) in [6.07, 6.45) is 1.60. The van der Waals surface area contributed by atoms with Crippen LogP contribution < -0.4 is 0 Å². The second-order valence-corrected chi connectivity index (χ2v) is 9.01. The Labute approximate surface area is 149 Å². The summed E-state index contributed by atoms with van der Waals surface area (Å²) in [4.78, 5) is 24.9. The van der Waals surface area contributed by atoms with Gasteiger partial charge < -0.3 is 14.6 Å². The van der Waals surface area contributed by atoms with Crippen LogP contribution in [0.3, 0.4) is 0 Å². The van der Waals surface area contributed by atoms with E-state index in [1.165, 1.54) is 0 Å². The molecule has 1 N–H and O–H groups in total. The third-order valence-electron chi connectivity index (χ3n) is 6.88. The topological polar surface area (TPSA) is 76.1 Å². The van der Waals surface area contributed by atoms with Crippen molar-refractivity contribution in [3.63, 3.8) is 0 Å². The van der Waals surface area contributed by atoms with Crippen molar-refractivity contribution in [1.82, 2.24) is 0 Å². The number of hydrogen-bond acceptors (Lipinski definition) is 5. The van der Waals surface area contributed by atoms with Gasteiger partial charge >= 0.3 is 5.97 Å². The van der Waals surface area contributed by atoms with E-state index in [1.807, 2.05) is 20.8 Å². The largest absolute Gasteiger partial charge is 0.457 e. The van der Waals surface area contributed by atoms with Gasteiger partial charge in [0.1, 0.15) is 11.7 Å². The van der Waals surface area contributed by atoms with Crippen LogP contribution >= 0.6 is 0 Å². The normalized spacial score (nSPS) is 46.4. The van der Waals surface area contributed by atoms with Gasteiger partial charge in [-0.05, 0) is 64.9 Å². The van der Waals surface area contributed by atoms with Gasteiger partial charge in [0.2, 0.25) is 0 Å². The zero-order chi connectivity index (χ0) is 18.8. The molecule has 2 aliphatic carbocycles. The number of allylic oxidation sites excluding steroid dienone is 2. The third-order valence-corrected chi connectivity index (χ3v) is 6.88. The molecule has 5 nitrogen and oxygen atoms in total. The summed E-state index contributed by atoms with van der Waals surface area (Å²) in [6, 6.07) is 0. The molecule has 25 heavy (non-hydrogen) atoms. The lowest BCUT2D eigenvalue weighted by Crippen LogP contribution is -2.60. The summed E-state index contributed by atoms with van der Waals surface area (Å²) in [5, 5.41) is 11.3. The standard InChI is InChI=1S/C20H30O5/c1-11(2)13-9-15-18(4,10-14(13)21)8-7-16(19(15,5)23)24-17(22)20(6)12(3)25-20/h12,15-16,23H,7-10H2,1-6H3/t12?,15?,16-,18-,19+,20?/m1/s1. The van der Waals surface area contributed by atoms with Crippen LogP contribution in [0, 0.1) is 11.3 Å². The monoisotopic (exact) mass is 350 g/mol. The van der Waals surface area contributed by atoms with Crippen molar-refractivity contribution in [2.45, 2.75) is 90.6 Å². The lowest BCUT2D eigenvalue weighted by atomic mass is 9.53. The van der Waals surface area contributed by atoms with Crippen molar-refractivity contribution in [2.75, 3.05) is 0 Å². The van der Waals surface area contributed by atoms with Crippen LogP contribution in [0.15, 0.2) is 11.1 Å². The number of hydrogen-bond donors (Lipinski definition) is 1. The van der Waals surface area contributed by atoms with E-state index in [2.05, 4.69) is 6.92 Å². The molecular weight excluding hydrogens is 320 g/mol. The molecule has 0 aromatic rings. The smallest absolute Gasteiger partial charge is 0.341 e. The lowest BCUT2D eigenvalue weighted by molar-refractivity contribution is -0.202. The van der Waals surface area contributed by atoms with Crippen molar-refractivity contribution in [3.05, 3.63) is 11.1 Å². The van der Waals surface area contributed by atoms with E-state index < -0.39 is 23.3 Å². The number of carbonyl (C=O) groups is 2. The van der Waals surface area contributed by atoms with Crippen LogP contribution in [-0.2, 0) is 19.1 Å². The number of ketones is 1. The van der Waals surface area contributed by atoms with Crippen LogP contribution in [0.25, 0.3) is 0 Å². The Bertz CT molecular complexity index is 644. The number of esters is 1. The van der Waals surface area contributed by atoms with Crippen molar-refractivity contribution < 1.29 is 24.2 Å². The first-order chi connectivity index (χ1) is 11.4. The molecule has 1 aliphatic heterocycles. The van der Waals surface area contributed by atoms with Crippen LogP contribution in [0.4, 0.5) is 0 Å². The highest BCUT2D eigenvalue weighted by atomic mass is 16.7. The van der Waals surface area contributed by atoms with Gasteiger partial charge in [-0.25, -0.2) is 4.79 Å². The first-order valence-corrected chi connectivity index (χ1v) is 9.22. The minimum atomic E-state index is -1.17. The number of fused-ring (bicyclic) bond motifs is 1. The van der Waals surface area contributed by atoms with Gasteiger partial charge in [-0.1, -0.05) is 12.5 Å². The molecular formula is C20H30O5. The van der Waals surface area contributed by atoms with Gasteiger partial charge in [-0.2, -0.15) is 0 Å². The summed E-state index contributed by atoms with van der Waals surface area (Å²) >= 11 is 0. The summed E-state index contributed by atoms with van der Waals surface area (Å²) < 4.78 is 11.1. The minimum Gasteiger partial charge on any atom is -0.457 e. The van der Waals surface area contributed by atoms with Crippen LogP contribution in [-0.4, -0.2) is 40.3 Å². The van der Waals surface area contributed by atoms with E-state index in [0.717, 1.165) is 17.6 Å². The molecule has 5 heteroatoms. The fourth-order valence-electron chi connectivity index (χ4n) is 4.77. The molecule has 3 aliphatic rings. The molecule has 3 rings (SSSR count). The van der Waals surface area contributed by atoms with Gasteiger partial charge in [-0.3, -0.25) is 4.79 Å². The summed E-state index contributed by atoms with van der Waals surface area (Å²) in [7, 11) is 0. The average Bonchev–Trinajstić information content (AvgIpc) is 3.10.